The van der Waals surface area contributed by atoms with Gasteiger partial charge in [0, 0.05) is 50.3 Å². The Labute approximate surface area is 189 Å². The minimum absolute atomic E-state index is 0. The average Bonchev–Trinajstić information content (AvgIpc) is 3.09. The van der Waals surface area contributed by atoms with Crippen molar-refractivity contribution in [3.63, 3.8) is 0 Å². The van der Waals surface area contributed by atoms with Crippen LogP contribution in [0.15, 0.2) is 29.4 Å². The van der Waals surface area contributed by atoms with E-state index in [1.165, 1.54) is 20.8 Å². The number of nitrogens with one attached hydrogen (secondary N) is 3. The first-order chi connectivity index (χ1) is 13.5. The first-order valence-electron chi connectivity index (χ1n) is 9.56. The maximum absolute atomic E-state index is 12.3. The number of guanidine groups is 1. The molecule has 0 unspecified atom stereocenters. The van der Waals surface area contributed by atoms with Crippen molar-refractivity contribution in [2.45, 2.75) is 13.3 Å². The lowest BCUT2D eigenvalue weighted by molar-refractivity contribution is 0.0730. The van der Waals surface area contributed by atoms with E-state index in [9.17, 15) is 8.42 Å². The summed E-state index contributed by atoms with van der Waals surface area (Å²) in [4.78, 5) is 7.48. The van der Waals surface area contributed by atoms with E-state index in [-0.39, 0.29) is 29.7 Å². The van der Waals surface area contributed by atoms with Crippen molar-refractivity contribution < 1.29 is 13.2 Å². The van der Waals surface area contributed by atoms with Crippen LogP contribution < -0.4 is 10.6 Å². The van der Waals surface area contributed by atoms with Crippen molar-refractivity contribution in [2.75, 3.05) is 52.2 Å². The minimum Gasteiger partial charge on any atom is -0.379 e. The Kier molecular flexibility index (Phi) is 9.18. The Hall–Kier alpha value is -1.37. The van der Waals surface area contributed by atoms with Crippen LogP contribution in [0.25, 0.3) is 10.9 Å². The van der Waals surface area contributed by atoms with Crippen LogP contribution >= 0.6 is 24.0 Å². The molecule has 1 aliphatic rings. The van der Waals surface area contributed by atoms with Gasteiger partial charge in [-0.2, -0.15) is 4.31 Å². The Bertz CT molecular complexity index is 923. The highest BCUT2D eigenvalue weighted by atomic mass is 127. The number of halogens is 1. The number of fused-ring (bicyclic) bond motifs is 1. The number of benzene rings is 1. The predicted molar refractivity (Wildman–Crippen MR) is 128 cm³/mol. The summed E-state index contributed by atoms with van der Waals surface area (Å²) in [6, 6.07) is 6.39. The summed E-state index contributed by atoms with van der Waals surface area (Å²) in [5.41, 5.74) is 3.62. The van der Waals surface area contributed by atoms with Crippen LogP contribution in [-0.4, -0.2) is 75.9 Å². The summed E-state index contributed by atoms with van der Waals surface area (Å²) >= 11 is 0. The molecule has 2 heterocycles. The van der Waals surface area contributed by atoms with Crippen LogP contribution in [0, 0.1) is 6.92 Å². The fourth-order valence-corrected chi connectivity index (χ4v) is 4.62. The van der Waals surface area contributed by atoms with Gasteiger partial charge in [-0.3, -0.25) is 4.99 Å². The topological polar surface area (TPSA) is 98.8 Å². The summed E-state index contributed by atoms with van der Waals surface area (Å²) in [5.74, 6) is 0.642. The predicted octanol–water partition coefficient (Wildman–Crippen LogP) is 1.46. The molecule has 3 rings (SSSR count). The summed E-state index contributed by atoms with van der Waals surface area (Å²) in [6.07, 6.45) is 2.88. The van der Waals surface area contributed by atoms with E-state index in [0.29, 0.717) is 45.4 Å². The van der Waals surface area contributed by atoms with Gasteiger partial charge in [-0.1, -0.05) is 12.1 Å². The number of hydrogen-bond donors (Lipinski definition) is 3. The quantitative estimate of drug-likeness (QED) is 0.284. The fourth-order valence-electron chi connectivity index (χ4n) is 3.30. The molecule has 1 fully saturated rings. The largest absolute Gasteiger partial charge is 0.379 e. The second kappa shape index (κ2) is 11.1. The molecule has 2 aromatic rings. The first-order valence-corrected chi connectivity index (χ1v) is 11.2. The van der Waals surface area contributed by atoms with Gasteiger partial charge >= 0.3 is 0 Å². The van der Waals surface area contributed by atoms with Crippen molar-refractivity contribution in [2.24, 2.45) is 4.99 Å². The Morgan fingerprint density at radius 3 is 2.69 bits per heavy atom. The third-order valence-corrected chi connectivity index (χ3v) is 6.72. The van der Waals surface area contributed by atoms with Gasteiger partial charge in [-0.15, -0.1) is 24.0 Å². The lowest BCUT2D eigenvalue weighted by Crippen LogP contribution is -2.45. The maximum atomic E-state index is 12.3. The molecule has 0 aliphatic carbocycles. The lowest BCUT2D eigenvalue weighted by Gasteiger charge is -2.26. The van der Waals surface area contributed by atoms with E-state index >= 15 is 0 Å². The van der Waals surface area contributed by atoms with Crippen LogP contribution in [0.1, 0.15) is 11.1 Å². The van der Waals surface area contributed by atoms with Crippen LogP contribution in [0.3, 0.4) is 0 Å². The number of aromatic nitrogens is 1. The monoisotopic (exact) mass is 535 g/mol. The first kappa shape index (κ1) is 23.9. The van der Waals surface area contributed by atoms with E-state index in [0.717, 1.165) is 11.9 Å². The van der Waals surface area contributed by atoms with Crippen molar-refractivity contribution in [3.05, 3.63) is 35.5 Å². The van der Waals surface area contributed by atoms with Crippen LogP contribution in [0.2, 0.25) is 0 Å². The minimum atomic E-state index is -3.27. The molecule has 0 radical (unpaired) electrons. The van der Waals surface area contributed by atoms with E-state index in [1.807, 2.05) is 6.20 Å². The molecule has 1 aromatic carbocycles. The molecule has 162 valence electrons. The number of aryl methyl sites for hydroxylation is 1. The van der Waals surface area contributed by atoms with Crippen LogP contribution in [0.4, 0.5) is 0 Å². The van der Waals surface area contributed by atoms with E-state index in [1.54, 1.807) is 7.05 Å². The molecular weight excluding hydrogens is 505 g/mol. The third kappa shape index (κ3) is 6.56. The lowest BCUT2D eigenvalue weighted by atomic mass is 10.1. The molecule has 0 amide bonds. The number of rotatable bonds is 7. The smallest absolute Gasteiger partial charge is 0.215 e. The van der Waals surface area contributed by atoms with Gasteiger partial charge in [0.15, 0.2) is 5.96 Å². The highest BCUT2D eigenvalue weighted by molar-refractivity contribution is 14.0. The highest BCUT2D eigenvalue weighted by Crippen LogP contribution is 2.19. The molecule has 10 heteroatoms. The zero-order chi connectivity index (χ0) is 20.0. The number of sulfonamides is 1. The molecule has 29 heavy (non-hydrogen) atoms. The zero-order valence-corrected chi connectivity index (χ0v) is 20.0. The van der Waals surface area contributed by atoms with Gasteiger partial charge in [0.05, 0.1) is 19.0 Å². The van der Waals surface area contributed by atoms with Gasteiger partial charge < -0.3 is 20.4 Å². The number of H-pyrrole nitrogens is 1. The molecule has 3 N–H and O–H groups in total. The normalized spacial score (nSPS) is 15.9. The number of morpholine rings is 1. The number of aromatic amines is 1. The Morgan fingerprint density at radius 1 is 1.24 bits per heavy atom. The number of nitrogens with zero attached hydrogens (tertiary/aromatic N) is 2. The van der Waals surface area contributed by atoms with Gasteiger partial charge in [0.1, 0.15) is 0 Å². The molecule has 1 aliphatic heterocycles. The fraction of sp³-hybridized carbons (Fsp3) is 0.526. The molecule has 8 nitrogen and oxygen atoms in total. The molecule has 0 saturated carbocycles. The van der Waals surface area contributed by atoms with E-state index in [4.69, 9.17) is 4.74 Å². The van der Waals surface area contributed by atoms with Crippen molar-refractivity contribution >= 4 is 50.9 Å². The maximum Gasteiger partial charge on any atom is 0.215 e. The van der Waals surface area contributed by atoms with Crippen molar-refractivity contribution in [1.29, 1.82) is 0 Å². The number of aliphatic imine (C=N–C) groups is 1. The van der Waals surface area contributed by atoms with Gasteiger partial charge in [-0.05, 0) is 30.5 Å². The molecular formula is C19H30IN5O3S. The second-order valence-corrected chi connectivity index (χ2v) is 8.95. The number of ether oxygens (including phenoxy) is 1. The zero-order valence-electron chi connectivity index (χ0n) is 16.9. The standard InChI is InChI=1S/C19H29N5O3S.HI/c1-15-3-4-17-16(14-23-18(17)13-15)5-6-21-19(20-2)22-7-12-28(25,26)24-8-10-27-11-9-24;/h3-4,13-14,23H,5-12H2,1-2H3,(H2,20,21,22);1H. The van der Waals surface area contributed by atoms with E-state index < -0.39 is 10.0 Å². The molecule has 0 bridgehead atoms. The van der Waals surface area contributed by atoms with E-state index in [2.05, 4.69) is 45.7 Å². The van der Waals surface area contributed by atoms with Crippen molar-refractivity contribution in [1.82, 2.24) is 19.9 Å². The van der Waals surface area contributed by atoms with Gasteiger partial charge in [-0.25, -0.2) is 8.42 Å². The Morgan fingerprint density at radius 2 is 1.97 bits per heavy atom. The van der Waals surface area contributed by atoms with Crippen LogP contribution in [-0.2, 0) is 21.2 Å². The van der Waals surface area contributed by atoms with Crippen molar-refractivity contribution in [3.8, 4) is 0 Å². The Balaban J connectivity index is 0.00000300. The summed E-state index contributed by atoms with van der Waals surface area (Å²) in [6.45, 7) is 4.88. The SMILES string of the molecule is CN=C(NCCc1c[nH]c2cc(C)ccc12)NCCS(=O)(=O)N1CCOCC1.I. The molecule has 0 atom stereocenters. The highest BCUT2D eigenvalue weighted by Gasteiger charge is 2.23. The molecule has 1 aromatic heterocycles. The molecule has 1 saturated heterocycles. The van der Waals surface area contributed by atoms with Gasteiger partial charge in [0.2, 0.25) is 10.0 Å². The van der Waals surface area contributed by atoms with Gasteiger partial charge in [0.25, 0.3) is 0 Å². The van der Waals surface area contributed by atoms with Crippen LogP contribution in [0.5, 0.6) is 0 Å². The molecule has 0 spiro atoms. The third-order valence-electron chi connectivity index (χ3n) is 4.85. The summed E-state index contributed by atoms with van der Waals surface area (Å²) < 4.78 is 31.4. The number of hydrogen-bond acceptors (Lipinski definition) is 4. The summed E-state index contributed by atoms with van der Waals surface area (Å²) in [5, 5.41) is 7.56. The average molecular weight is 535 g/mol. The second-order valence-electron chi connectivity index (χ2n) is 6.87. The summed E-state index contributed by atoms with van der Waals surface area (Å²) in [7, 11) is -1.59.